The second-order valence-corrected chi connectivity index (χ2v) is 8.45. The van der Waals surface area contributed by atoms with E-state index in [9.17, 15) is 4.57 Å². The van der Waals surface area contributed by atoms with Crippen LogP contribution in [-0.4, -0.2) is 46.3 Å². The van der Waals surface area contributed by atoms with Gasteiger partial charge in [0.25, 0.3) is 0 Å². The van der Waals surface area contributed by atoms with Crippen LogP contribution in [0.5, 0.6) is 0 Å². The molecule has 0 N–H and O–H groups in total. The summed E-state index contributed by atoms with van der Waals surface area (Å²) in [6.45, 7) is 2.30. The fourth-order valence-electron chi connectivity index (χ4n) is 1.04. The van der Waals surface area contributed by atoms with E-state index in [1.807, 2.05) is 6.92 Å². The Morgan fingerprint density at radius 1 is 1.36 bits per heavy atom. The molecule has 0 aromatic heterocycles. The van der Waals surface area contributed by atoms with Crippen LogP contribution in [0.4, 0.5) is 0 Å². The quantitative estimate of drug-likeness (QED) is 0.454. The molecule has 0 aliphatic rings. The minimum absolute atomic E-state index is 0.467. The molecule has 0 aromatic rings. The first kappa shape index (κ1) is 14.5. The van der Waals surface area contributed by atoms with Crippen molar-refractivity contribution in [3.8, 4) is 0 Å². The molecule has 0 rings (SSSR count). The molecule has 0 aliphatic heterocycles. The van der Waals surface area contributed by atoms with E-state index in [-0.39, 0.29) is 0 Å². The Bertz CT molecular complexity index is 167. The van der Waals surface area contributed by atoms with Crippen LogP contribution in [0.15, 0.2) is 0 Å². The molecule has 0 amide bonds. The lowest BCUT2D eigenvalue weighted by Crippen LogP contribution is -2.43. The summed E-state index contributed by atoms with van der Waals surface area (Å²) in [7, 11) is -0.765. The van der Waals surface area contributed by atoms with Crippen LogP contribution in [0.25, 0.3) is 0 Å². The summed E-state index contributed by atoms with van der Waals surface area (Å²) >= 11 is 0. The summed E-state index contributed by atoms with van der Waals surface area (Å²) in [6, 6.07) is 0.557. The van der Waals surface area contributed by atoms with Crippen molar-refractivity contribution in [2.45, 2.75) is 13.0 Å². The molecule has 0 heterocycles. The van der Waals surface area contributed by atoms with Gasteiger partial charge in [-0.05, 0) is 6.92 Å². The standard InChI is InChI=1S/C6H19O5PSi2/c1-4-10-12(7)5-6-14(8-2,9-3)11-13/h12H,4-6H2,1-3,13H3. The third-order valence-electron chi connectivity index (χ3n) is 1.87. The average molecular weight is 258 g/mol. The van der Waals surface area contributed by atoms with Gasteiger partial charge in [-0.25, -0.2) is 0 Å². The highest BCUT2D eigenvalue weighted by atomic mass is 31.1. The molecule has 1 unspecified atom stereocenters. The van der Waals surface area contributed by atoms with E-state index in [1.54, 1.807) is 14.2 Å². The van der Waals surface area contributed by atoms with Gasteiger partial charge in [0.15, 0.2) is 8.03 Å². The van der Waals surface area contributed by atoms with Gasteiger partial charge in [-0.2, -0.15) is 0 Å². The van der Waals surface area contributed by atoms with Gasteiger partial charge in [0.1, 0.15) is 10.5 Å². The number of rotatable bonds is 8. The van der Waals surface area contributed by atoms with Crippen LogP contribution >= 0.6 is 8.03 Å². The Morgan fingerprint density at radius 2 is 1.93 bits per heavy atom. The van der Waals surface area contributed by atoms with E-state index in [0.717, 1.165) is 0 Å². The van der Waals surface area contributed by atoms with Gasteiger partial charge in [0, 0.05) is 26.4 Å². The van der Waals surface area contributed by atoms with Crippen LogP contribution in [0.2, 0.25) is 6.04 Å². The van der Waals surface area contributed by atoms with Gasteiger partial charge in [0.05, 0.1) is 6.61 Å². The lowest BCUT2D eigenvalue weighted by atomic mass is 10.9. The maximum Gasteiger partial charge on any atom is 0.489 e. The van der Waals surface area contributed by atoms with Crippen molar-refractivity contribution in [2.75, 3.05) is 27.0 Å². The third-order valence-corrected chi connectivity index (χ3v) is 8.24. The Kier molecular flexibility index (Phi) is 8.03. The van der Waals surface area contributed by atoms with Crippen LogP contribution in [0.3, 0.4) is 0 Å². The molecule has 0 bridgehead atoms. The zero-order valence-electron chi connectivity index (χ0n) is 9.16. The summed E-state index contributed by atoms with van der Waals surface area (Å²) in [6.07, 6.45) is 0.467. The van der Waals surface area contributed by atoms with E-state index < -0.39 is 16.8 Å². The van der Waals surface area contributed by atoms with Crippen LogP contribution in [0.1, 0.15) is 6.92 Å². The van der Waals surface area contributed by atoms with E-state index in [1.165, 1.54) is 0 Å². The molecule has 0 saturated heterocycles. The Labute approximate surface area is 89.9 Å². The van der Waals surface area contributed by atoms with E-state index in [4.69, 9.17) is 17.5 Å². The van der Waals surface area contributed by atoms with Gasteiger partial charge in [-0.1, -0.05) is 0 Å². The Hall–Kier alpha value is 0.504. The molecule has 5 nitrogen and oxygen atoms in total. The highest BCUT2D eigenvalue weighted by Crippen LogP contribution is 2.26. The summed E-state index contributed by atoms with van der Waals surface area (Å²) < 4.78 is 32.0. The molecular weight excluding hydrogens is 239 g/mol. The Morgan fingerprint density at radius 3 is 2.29 bits per heavy atom. The highest BCUT2D eigenvalue weighted by molar-refractivity contribution is 7.39. The van der Waals surface area contributed by atoms with Crippen molar-refractivity contribution < 1.29 is 22.1 Å². The lowest BCUT2D eigenvalue weighted by molar-refractivity contribution is 0.167. The molecule has 86 valence electrons. The summed E-state index contributed by atoms with van der Waals surface area (Å²) in [5.41, 5.74) is 0. The third kappa shape index (κ3) is 4.83. The molecule has 0 spiro atoms. The van der Waals surface area contributed by atoms with Crippen LogP contribution in [-0.2, 0) is 22.1 Å². The van der Waals surface area contributed by atoms with Gasteiger partial charge >= 0.3 is 8.80 Å². The molecule has 0 radical (unpaired) electrons. The van der Waals surface area contributed by atoms with Crippen LogP contribution < -0.4 is 0 Å². The fourth-order valence-corrected chi connectivity index (χ4v) is 6.28. The molecule has 0 aromatic carbocycles. The zero-order chi connectivity index (χ0) is 11.0. The zero-order valence-corrected chi connectivity index (χ0v) is 13.2. The summed E-state index contributed by atoms with van der Waals surface area (Å²) in [5, 5.41) is 0. The number of hydrogen-bond acceptors (Lipinski definition) is 5. The maximum absolute atomic E-state index is 11.3. The predicted octanol–water partition coefficient (Wildman–Crippen LogP) is 0.0263. The summed E-state index contributed by atoms with van der Waals surface area (Å²) in [5.74, 6) is 0. The molecule has 0 aliphatic carbocycles. The first-order valence-corrected chi connectivity index (χ1v) is 8.72. The second kappa shape index (κ2) is 7.75. The van der Waals surface area contributed by atoms with E-state index in [0.29, 0.717) is 29.3 Å². The first-order valence-electron chi connectivity index (χ1n) is 4.45. The normalized spacial score (nSPS) is 14.5. The monoisotopic (exact) mass is 258 g/mol. The minimum Gasteiger partial charge on any atom is -0.424 e. The molecular formula is C6H19O5PSi2. The van der Waals surface area contributed by atoms with E-state index >= 15 is 0 Å². The van der Waals surface area contributed by atoms with Crippen molar-refractivity contribution in [3.05, 3.63) is 0 Å². The smallest absolute Gasteiger partial charge is 0.424 e. The largest absolute Gasteiger partial charge is 0.489 e. The lowest BCUT2D eigenvalue weighted by Gasteiger charge is -2.24. The Balaban J connectivity index is 3.99. The number of hydrogen-bond donors (Lipinski definition) is 0. The molecule has 8 heteroatoms. The average Bonchev–Trinajstić information content (AvgIpc) is 2.21. The van der Waals surface area contributed by atoms with Crippen molar-refractivity contribution in [3.63, 3.8) is 0 Å². The van der Waals surface area contributed by atoms with Gasteiger partial charge < -0.3 is 17.5 Å². The minimum atomic E-state index is -2.50. The fraction of sp³-hybridized carbons (Fsp3) is 1.00. The van der Waals surface area contributed by atoms with Crippen LogP contribution in [0, 0.1) is 0 Å². The molecule has 0 saturated carbocycles. The first-order chi connectivity index (χ1) is 6.64. The molecule has 0 fully saturated rings. The van der Waals surface area contributed by atoms with Gasteiger partial charge in [-0.3, -0.25) is 4.57 Å². The summed E-state index contributed by atoms with van der Waals surface area (Å²) in [4.78, 5) is 0. The van der Waals surface area contributed by atoms with E-state index in [2.05, 4.69) is 0 Å². The second-order valence-electron chi connectivity index (χ2n) is 2.60. The highest BCUT2D eigenvalue weighted by Gasteiger charge is 2.36. The maximum atomic E-state index is 11.3. The molecule has 14 heavy (non-hydrogen) atoms. The van der Waals surface area contributed by atoms with Crippen molar-refractivity contribution >= 4 is 27.3 Å². The van der Waals surface area contributed by atoms with Gasteiger partial charge in [-0.15, -0.1) is 0 Å². The van der Waals surface area contributed by atoms with Crippen molar-refractivity contribution in [1.29, 1.82) is 0 Å². The molecule has 1 atom stereocenters. The van der Waals surface area contributed by atoms with Crippen molar-refractivity contribution in [2.24, 2.45) is 0 Å². The van der Waals surface area contributed by atoms with Crippen molar-refractivity contribution in [1.82, 2.24) is 0 Å². The SMILES string of the molecule is CCO[PH](=O)CC[Si](OC)(OC)O[SiH3]. The topological polar surface area (TPSA) is 54.0 Å². The predicted molar refractivity (Wildman–Crippen MR) is 61.1 cm³/mol. The van der Waals surface area contributed by atoms with Gasteiger partial charge in [0.2, 0.25) is 0 Å².